The molecule has 0 saturated carbocycles. The number of carbonyl (C=O) groups excluding carboxylic acids is 1. The molecular weight excluding hydrogens is 557 g/mol. The third-order valence-electron chi connectivity index (χ3n) is 7.26. The number of hydrogen-bond acceptors (Lipinski definition) is 6. The summed E-state index contributed by atoms with van der Waals surface area (Å²) >= 11 is 6.42. The number of nitrogens with zero attached hydrogens (tertiary/aromatic N) is 7. The lowest BCUT2D eigenvalue weighted by Crippen LogP contribution is -2.28. The maximum Gasteiger partial charge on any atom is 0.416 e. The summed E-state index contributed by atoms with van der Waals surface area (Å²) in [7, 11) is 3.86. The van der Waals surface area contributed by atoms with E-state index in [-0.39, 0.29) is 11.3 Å². The van der Waals surface area contributed by atoms with Crippen LogP contribution in [-0.2, 0) is 19.8 Å². The maximum absolute atomic E-state index is 13.8. The Labute approximate surface area is 240 Å². The van der Waals surface area contributed by atoms with Gasteiger partial charge >= 0.3 is 6.18 Å². The Balaban J connectivity index is 1.39. The standard InChI is InChI=1S/C28H30ClF3N8O/c1-18-23(15-33-38(18)3)25-17-40(36-35-25)26-13-20(5-6-24(26)29)27(41)34-22-12-19(11-21(14-22)28(30,31)32)16-39-8-4-7-37(2)9-10-39/h5-6,11-15,17H,4,7-10,16H2,1-3H3,(H,34,41). The van der Waals surface area contributed by atoms with Gasteiger partial charge in [0.25, 0.3) is 5.91 Å². The fraction of sp³-hybridized carbons (Fsp3) is 0.357. The van der Waals surface area contributed by atoms with Crippen molar-refractivity contribution in [3.8, 4) is 16.9 Å². The van der Waals surface area contributed by atoms with E-state index in [9.17, 15) is 18.0 Å². The molecule has 1 amide bonds. The first-order valence-corrected chi connectivity index (χ1v) is 13.5. The molecule has 0 radical (unpaired) electrons. The molecule has 3 heterocycles. The highest BCUT2D eigenvalue weighted by molar-refractivity contribution is 6.32. The molecule has 13 heteroatoms. The van der Waals surface area contributed by atoms with Crippen LogP contribution >= 0.6 is 11.6 Å². The molecule has 5 rings (SSSR count). The summed E-state index contributed by atoms with van der Waals surface area (Å²) in [5.41, 5.74) is 2.62. The van der Waals surface area contributed by atoms with Crippen LogP contribution in [0.3, 0.4) is 0 Å². The number of anilines is 1. The Morgan fingerprint density at radius 2 is 1.88 bits per heavy atom. The van der Waals surface area contributed by atoms with Crippen molar-refractivity contribution in [2.24, 2.45) is 7.05 Å². The van der Waals surface area contributed by atoms with E-state index in [0.717, 1.165) is 56.0 Å². The number of likely N-dealkylation sites (N-methyl/N-ethyl adjacent to an activating group) is 1. The van der Waals surface area contributed by atoms with E-state index >= 15 is 0 Å². The molecule has 1 N–H and O–H groups in total. The van der Waals surface area contributed by atoms with Gasteiger partial charge in [0.1, 0.15) is 5.69 Å². The summed E-state index contributed by atoms with van der Waals surface area (Å²) in [5.74, 6) is -0.576. The van der Waals surface area contributed by atoms with Gasteiger partial charge in [-0.15, -0.1) is 5.10 Å². The first kappa shape index (κ1) is 28.8. The van der Waals surface area contributed by atoms with Crippen LogP contribution < -0.4 is 5.32 Å². The van der Waals surface area contributed by atoms with Crippen LogP contribution in [-0.4, -0.2) is 73.7 Å². The Bertz CT molecular complexity index is 1560. The normalized spacial score (nSPS) is 15.2. The number of aromatic nitrogens is 5. The summed E-state index contributed by atoms with van der Waals surface area (Å²) in [5, 5.41) is 15.6. The lowest BCUT2D eigenvalue weighted by Gasteiger charge is -2.21. The van der Waals surface area contributed by atoms with Gasteiger partial charge in [0, 0.05) is 49.2 Å². The lowest BCUT2D eigenvalue weighted by atomic mass is 10.1. The molecule has 1 fully saturated rings. The topological polar surface area (TPSA) is 84.1 Å². The van der Waals surface area contributed by atoms with Gasteiger partial charge in [-0.05, 0) is 75.4 Å². The number of amides is 1. The van der Waals surface area contributed by atoms with Gasteiger partial charge in [-0.1, -0.05) is 16.8 Å². The van der Waals surface area contributed by atoms with Crippen molar-refractivity contribution in [1.29, 1.82) is 0 Å². The number of nitrogens with one attached hydrogen (secondary N) is 1. The Kier molecular flexibility index (Phi) is 8.16. The van der Waals surface area contributed by atoms with Crippen LogP contribution in [0.1, 0.15) is 33.6 Å². The third-order valence-corrected chi connectivity index (χ3v) is 7.58. The zero-order chi connectivity index (χ0) is 29.3. The fourth-order valence-electron chi connectivity index (χ4n) is 4.82. The highest BCUT2D eigenvalue weighted by Crippen LogP contribution is 2.33. The summed E-state index contributed by atoms with van der Waals surface area (Å²) in [4.78, 5) is 17.6. The minimum Gasteiger partial charge on any atom is -0.322 e. The predicted molar refractivity (Wildman–Crippen MR) is 150 cm³/mol. The molecular formula is C28H30ClF3N8O. The van der Waals surface area contributed by atoms with E-state index in [4.69, 9.17) is 11.6 Å². The molecule has 1 saturated heterocycles. The first-order valence-electron chi connectivity index (χ1n) is 13.1. The monoisotopic (exact) mass is 586 g/mol. The van der Waals surface area contributed by atoms with Crippen LogP contribution in [0.2, 0.25) is 5.02 Å². The van der Waals surface area contributed by atoms with Crippen molar-refractivity contribution < 1.29 is 18.0 Å². The van der Waals surface area contributed by atoms with E-state index in [1.54, 1.807) is 23.1 Å². The van der Waals surface area contributed by atoms with Crippen molar-refractivity contribution in [3.63, 3.8) is 0 Å². The quantitative estimate of drug-likeness (QED) is 0.341. The molecule has 0 aliphatic carbocycles. The highest BCUT2D eigenvalue weighted by Gasteiger charge is 2.31. The zero-order valence-electron chi connectivity index (χ0n) is 22.9. The number of halogens is 4. The molecule has 1 aliphatic rings. The van der Waals surface area contributed by atoms with Gasteiger partial charge in [0.2, 0.25) is 0 Å². The average molecular weight is 587 g/mol. The second kappa shape index (κ2) is 11.6. The molecule has 0 atom stereocenters. The minimum absolute atomic E-state index is 0.0679. The van der Waals surface area contributed by atoms with Crippen molar-refractivity contribution in [2.45, 2.75) is 26.1 Å². The highest BCUT2D eigenvalue weighted by atomic mass is 35.5. The van der Waals surface area contributed by atoms with Crippen molar-refractivity contribution in [3.05, 3.63) is 76.2 Å². The van der Waals surface area contributed by atoms with E-state index in [2.05, 4.69) is 30.5 Å². The Morgan fingerprint density at radius 3 is 2.61 bits per heavy atom. The van der Waals surface area contributed by atoms with Gasteiger partial charge in [0.15, 0.2) is 0 Å². The van der Waals surface area contributed by atoms with E-state index < -0.39 is 17.6 Å². The van der Waals surface area contributed by atoms with Gasteiger partial charge in [-0.25, -0.2) is 4.68 Å². The number of rotatable bonds is 6. The molecule has 0 bridgehead atoms. The Morgan fingerprint density at radius 1 is 1.07 bits per heavy atom. The van der Waals surface area contributed by atoms with Crippen LogP contribution in [0, 0.1) is 6.92 Å². The molecule has 41 heavy (non-hydrogen) atoms. The second-order valence-corrected chi connectivity index (χ2v) is 10.7. The zero-order valence-corrected chi connectivity index (χ0v) is 23.7. The predicted octanol–water partition coefficient (Wildman–Crippen LogP) is 5.04. The summed E-state index contributed by atoms with van der Waals surface area (Å²) < 4.78 is 44.5. The maximum atomic E-state index is 13.8. The van der Waals surface area contributed by atoms with Gasteiger partial charge in [0.05, 0.1) is 28.7 Å². The summed E-state index contributed by atoms with van der Waals surface area (Å²) in [6, 6.07) is 8.27. The summed E-state index contributed by atoms with van der Waals surface area (Å²) in [6.07, 6.45) is -0.261. The van der Waals surface area contributed by atoms with E-state index in [0.29, 0.717) is 28.5 Å². The molecule has 216 valence electrons. The number of carbonyl (C=O) groups is 1. The first-order chi connectivity index (χ1) is 19.5. The Hall–Kier alpha value is -3.74. The number of alkyl halides is 3. The molecule has 0 spiro atoms. The molecule has 2 aromatic carbocycles. The number of benzene rings is 2. The van der Waals surface area contributed by atoms with Crippen molar-refractivity contribution >= 4 is 23.2 Å². The van der Waals surface area contributed by atoms with Gasteiger partial charge in [-0.2, -0.15) is 18.3 Å². The molecule has 1 aliphatic heterocycles. The fourth-order valence-corrected chi connectivity index (χ4v) is 5.03. The SMILES string of the molecule is Cc1c(-c2cn(-c3cc(C(=O)Nc4cc(CN5CCCN(C)CC5)cc(C(F)(F)F)c4)ccc3Cl)nn2)cnn1C. The van der Waals surface area contributed by atoms with Crippen LogP contribution in [0.15, 0.2) is 48.8 Å². The van der Waals surface area contributed by atoms with Crippen LogP contribution in [0.25, 0.3) is 16.9 Å². The summed E-state index contributed by atoms with van der Waals surface area (Å²) in [6.45, 7) is 5.60. The molecule has 4 aromatic rings. The number of hydrogen-bond donors (Lipinski definition) is 1. The molecule has 0 unspecified atom stereocenters. The second-order valence-electron chi connectivity index (χ2n) is 10.3. The smallest absolute Gasteiger partial charge is 0.322 e. The van der Waals surface area contributed by atoms with Gasteiger partial charge < -0.3 is 10.2 Å². The largest absolute Gasteiger partial charge is 0.416 e. The number of aryl methyl sites for hydroxylation is 1. The van der Waals surface area contributed by atoms with Crippen molar-refractivity contribution in [2.75, 3.05) is 38.5 Å². The van der Waals surface area contributed by atoms with Crippen LogP contribution in [0.5, 0.6) is 0 Å². The van der Waals surface area contributed by atoms with Crippen molar-refractivity contribution in [1.82, 2.24) is 34.6 Å². The average Bonchev–Trinajstić information content (AvgIpc) is 3.47. The van der Waals surface area contributed by atoms with Gasteiger partial charge in [-0.3, -0.25) is 14.4 Å². The third kappa shape index (κ3) is 6.61. The lowest BCUT2D eigenvalue weighted by molar-refractivity contribution is -0.137. The van der Waals surface area contributed by atoms with E-state index in [1.807, 2.05) is 21.0 Å². The van der Waals surface area contributed by atoms with E-state index in [1.165, 1.54) is 22.9 Å². The van der Waals surface area contributed by atoms with Crippen LogP contribution in [0.4, 0.5) is 18.9 Å². The molecule has 9 nitrogen and oxygen atoms in total. The molecule has 2 aromatic heterocycles. The minimum atomic E-state index is -4.56.